The summed E-state index contributed by atoms with van der Waals surface area (Å²) in [6.45, 7) is 3.67. The van der Waals surface area contributed by atoms with E-state index in [0.717, 1.165) is 31.5 Å². The molecule has 1 atom stereocenters. The van der Waals surface area contributed by atoms with Crippen LogP contribution in [-0.2, 0) is 20.8 Å². The van der Waals surface area contributed by atoms with Crippen LogP contribution >= 0.6 is 0 Å². The van der Waals surface area contributed by atoms with E-state index in [-0.39, 0.29) is 17.8 Å². The molecule has 0 aromatic heterocycles. The Balaban J connectivity index is 1.43. The average Bonchev–Trinajstić information content (AvgIpc) is 2.59. The van der Waals surface area contributed by atoms with Gasteiger partial charge in [-0.2, -0.15) is 0 Å². The second-order valence-electron chi connectivity index (χ2n) is 6.08. The molecule has 0 spiro atoms. The van der Waals surface area contributed by atoms with E-state index >= 15 is 0 Å². The molecular weight excluding hydrogens is 299 g/mol. The zero-order valence-electron chi connectivity index (χ0n) is 13.2. The number of hydrogen-bond donors (Lipinski definition) is 1. The van der Waals surface area contributed by atoms with Crippen LogP contribution in [0.15, 0.2) is 24.3 Å². The molecule has 0 aliphatic carbocycles. The molecule has 1 aromatic rings. The second kappa shape index (κ2) is 7.86. The molecule has 5 nitrogen and oxygen atoms in total. The van der Waals surface area contributed by atoms with Crippen molar-refractivity contribution in [2.24, 2.45) is 0 Å². The molecule has 0 saturated carbocycles. The first-order valence-corrected chi connectivity index (χ1v) is 8.18. The number of halogens is 1. The highest BCUT2D eigenvalue weighted by Crippen LogP contribution is 2.16. The summed E-state index contributed by atoms with van der Waals surface area (Å²) in [6.07, 6.45) is 1.25. The Labute approximate surface area is 135 Å². The van der Waals surface area contributed by atoms with E-state index in [9.17, 15) is 9.18 Å². The van der Waals surface area contributed by atoms with E-state index < -0.39 is 6.10 Å². The van der Waals surface area contributed by atoms with E-state index in [2.05, 4.69) is 10.2 Å². The van der Waals surface area contributed by atoms with Gasteiger partial charge < -0.3 is 14.8 Å². The third-order valence-corrected chi connectivity index (χ3v) is 4.39. The lowest BCUT2D eigenvalue weighted by molar-refractivity contribution is -0.148. The Kier molecular flexibility index (Phi) is 5.59. The summed E-state index contributed by atoms with van der Waals surface area (Å²) in [4.78, 5) is 14.3. The predicted octanol–water partition coefficient (Wildman–Crippen LogP) is 1.32. The number of likely N-dealkylation sites (tertiary alicyclic amines) is 1. The van der Waals surface area contributed by atoms with Gasteiger partial charge in [-0.25, -0.2) is 4.39 Å². The summed E-state index contributed by atoms with van der Waals surface area (Å²) in [5.74, 6) is -0.241. The van der Waals surface area contributed by atoms with Gasteiger partial charge in [0.25, 0.3) is 5.91 Å². The number of hydrogen-bond acceptors (Lipinski definition) is 4. The number of carbonyl (C=O) groups is 1. The van der Waals surface area contributed by atoms with Gasteiger partial charge in [-0.05, 0) is 18.9 Å². The van der Waals surface area contributed by atoms with Crippen LogP contribution in [0.25, 0.3) is 0 Å². The smallest absolute Gasteiger partial charge is 0.251 e. The van der Waals surface area contributed by atoms with Crippen LogP contribution in [0, 0.1) is 5.82 Å². The van der Waals surface area contributed by atoms with Gasteiger partial charge in [0.2, 0.25) is 0 Å². The van der Waals surface area contributed by atoms with Crippen molar-refractivity contribution in [3.8, 4) is 0 Å². The first-order chi connectivity index (χ1) is 11.2. The number of piperidine rings is 1. The highest BCUT2D eigenvalue weighted by molar-refractivity contribution is 5.81. The van der Waals surface area contributed by atoms with Crippen molar-refractivity contribution in [1.29, 1.82) is 0 Å². The van der Waals surface area contributed by atoms with Crippen molar-refractivity contribution in [1.82, 2.24) is 10.2 Å². The molecule has 126 valence electrons. The van der Waals surface area contributed by atoms with E-state index in [4.69, 9.17) is 9.47 Å². The van der Waals surface area contributed by atoms with Gasteiger partial charge in [-0.3, -0.25) is 9.69 Å². The van der Waals surface area contributed by atoms with Crippen LogP contribution < -0.4 is 5.32 Å². The molecule has 23 heavy (non-hydrogen) atoms. The Morgan fingerprint density at radius 2 is 2.04 bits per heavy atom. The first-order valence-electron chi connectivity index (χ1n) is 8.18. The van der Waals surface area contributed by atoms with E-state index in [0.29, 0.717) is 26.4 Å². The molecule has 2 heterocycles. The van der Waals surface area contributed by atoms with Crippen LogP contribution in [0.5, 0.6) is 0 Å². The number of rotatable bonds is 4. The molecule has 2 saturated heterocycles. The highest BCUT2D eigenvalue weighted by Gasteiger charge is 2.27. The van der Waals surface area contributed by atoms with E-state index in [1.165, 1.54) is 6.07 Å². The topological polar surface area (TPSA) is 50.8 Å². The van der Waals surface area contributed by atoms with Gasteiger partial charge in [-0.15, -0.1) is 0 Å². The molecule has 1 amide bonds. The predicted molar refractivity (Wildman–Crippen MR) is 83.4 cm³/mol. The minimum atomic E-state index is -0.486. The first kappa shape index (κ1) is 16.4. The third kappa shape index (κ3) is 4.50. The maximum Gasteiger partial charge on any atom is 0.251 e. The van der Waals surface area contributed by atoms with Gasteiger partial charge in [-0.1, -0.05) is 18.2 Å². The average molecular weight is 322 g/mol. The van der Waals surface area contributed by atoms with Gasteiger partial charge in [0.05, 0.1) is 19.8 Å². The molecule has 2 aliphatic heterocycles. The maximum atomic E-state index is 13.7. The molecule has 0 radical (unpaired) electrons. The summed E-state index contributed by atoms with van der Waals surface area (Å²) in [5, 5.41) is 3.04. The van der Waals surface area contributed by atoms with E-state index in [1.54, 1.807) is 6.07 Å². The largest absolute Gasteiger partial charge is 0.376 e. The molecule has 1 N–H and O–H groups in total. The molecule has 3 rings (SSSR count). The Morgan fingerprint density at radius 1 is 1.26 bits per heavy atom. The van der Waals surface area contributed by atoms with Crippen LogP contribution in [0.1, 0.15) is 18.4 Å². The molecule has 2 fully saturated rings. The van der Waals surface area contributed by atoms with Crippen LogP contribution in [0.4, 0.5) is 4.39 Å². The lowest BCUT2D eigenvalue weighted by Crippen LogP contribution is -2.50. The number of nitrogens with zero attached hydrogens (tertiary/aromatic N) is 1. The van der Waals surface area contributed by atoms with Crippen LogP contribution in [0.3, 0.4) is 0 Å². The monoisotopic (exact) mass is 322 g/mol. The fraction of sp³-hybridized carbons (Fsp3) is 0.588. The van der Waals surface area contributed by atoms with Crippen molar-refractivity contribution >= 4 is 5.91 Å². The SMILES string of the molecule is O=C(NC1CCN(Cc2ccccc2F)CC1)C1COCCO1. The van der Waals surface area contributed by atoms with Crippen molar-refractivity contribution in [3.05, 3.63) is 35.6 Å². The van der Waals surface area contributed by atoms with E-state index in [1.807, 2.05) is 12.1 Å². The normalized spacial score (nSPS) is 23.6. The number of amides is 1. The third-order valence-electron chi connectivity index (χ3n) is 4.39. The highest BCUT2D eigenvalue weighted by atomic mass is 19.1. The minimum Gasteiger partial charge on any atom is -0.376 e. The van der Waals surface area contributed by atoms with Crippen LogP contribution in [0.2, 0.25) is 0 Å². The molecule has 2 aliphatic rings. The summed E-state index contributed by atoms with van der Waals surface area (Å²) in [5.41, 5.74) is 0.725. The number of benzene rings is 1. The van der Waals surface area contributed by atoms with Crippen molar-refractivity contribution in [2.75, 3.05) is 32.9 Å². The van der Waals surface area contributed by atoms with Crippen LogP contribution in [-0.4, -0.2) is 55.9 Å². The number of carbonyl (C=O) groups excluding carboxylic acids is 1. The van der Waals surface area contributed by atoms with Crippen molar-refractivity contribution in [3.63, 3.8) is 0 Å². The summed E-state index contributed by atoms with van der Waals surface area (Å²) < 4.78 is 24.4. The minimum absolute atomic E-state index is 0.0859. The zero-order valence-corrected chi connectivity index (χ0v) is 13.2. The van der Waals surface area contributed by atoms with Gasteiger partial charge in [0.1, 0.15) is 5.82 Å². The summed E-state index contributed by atoms with van der Waals surface area (Å²) >= 11 is 0. The van der Waals surface area contributed by atoms with Gasteiger partial charge in [0.15, 0.2) is 6.10 Å². The Morgan fingerprint density at radius 3 is 2.74 bits per heavy atom. The summed E-state index contributed by atoms with van der Waals surface area (Å²) in [7, 11) is 0. The zero-order chi connectivity index (χ0) is 16.1. The molecule has 1 aromatic carbocycles. The standard InChI is InChI=1S/C17H23FN2O3/c18-15-4-2-1-3-13(15)11-20-7-5-14(6-8-20)19-17(21)16-12-22-9-10-23-16/h1-4,14,16H,5-12H2,(H,19,21). The Bertz CT molecular complexity index is 526. The number of nitrogens with one attached hydrogen (secondary N) is 1. The van der Waals surface area contributed by atoms with Gasteiger partial charge in [0, 0.05) is 31.2 Å². The second-order valence-corrected chi connectivity index (χ2v) is 6.08. The van der Waals surface area contributed by atoms with Crippen molar-refractivity contribution in [2.45, 2.75) is 31.5 Å². The quantitative estimate of drug-likeness (QED) is 0.908. The van der Waals surface area contributed by atoms with Gasteiger partial charge >= 0.3 is 0 Å². The lowest BCUT2D eigenvalue weighted by atomic mass is 10.0. The molecule has 0 bridgehead atoms. The number of ether oxygens (including phenoxy) is 2. The fourth-order valence-electron chi connectivity index (χ4n) is 3.04. The van der Waals surface area contributed by atoms with Crippen molar-refractivity contribution < 1.29 is 18.7 Å². The Hall–Kier alpha value is -1.50. The molecule has 1 unspecified atom stereocenters. The fourth-order valence-corrected chi connectivity index (χ4v) is 3.04. The lowest BCUT2D eigenvalue weighted by Gasteiger charge is -2.33. The maximum absolute atomic E-state index is 13.7. The molecule has 6 heteroatoms. The molecular formula is C17H23FN2O3. The summed E-state index contributed by atoms with van der Waals surface area (Å²) in [6, 6.07) is 7.04.